The maximum Gasteiger partial charge on any atom is 0.346 e. The lowest BCUT2D eigenvalue weighted by Crippen LogP contribution is -2.12. The van der Waals surface area contributed by atoms with Crippen molar-refractivity contribution in [1.29, 1.82) is 0 Å². The van der Waals surface area contributed by atoms with Crippen molar-refractivity contribution in [3.8, 4) is 0 Å². The Morgan fingerprint density at radius 2 is 1.88 bits per heavy atom. The van der Waals surface area contributed by atoms with Crippen LogP contribution in [0.15, 0.2) is 30.4 Å². The molecule has 86 valence electrons. The van der Waals surface area contributed by atoms with Gasteiger partial charge in [-0.25, -0.2) is 9.59 Å². The predicted octanol–water partition coefficient (Wildman–Crippen LogP) is 1.51. The Kier molecular flexibility index (Phi) is 2.51. The largest absolute Gasteiger partial charge is 0.386 e. The molecule has 0 aliphatic carbocycles. The first kappa shape index (κ1) is 11.1. The monoisotopic (exact) mass is 231 g/mol. The normalized spacial score (nSPS) is 13.0. The van der Waals surface area contributed by atoms with Crippen LogP contribution in [0.5, 0.6) is 0 Å². The molecule has 1 N–H and O–H groups in total. The molecule has 1 aromatic carbocycles. The molecular formula is C12H9NO4. The quantitative estimate of drug-likeness (QED) is 0.475. The Morgan fingerprint density at radius 1 is 1.24 bits per heavy atom. The van der Waals surface area contributed by atoms with Crippen LogP contribution in [-0.2, 0) is 9.53 Å². The first-order valence-corrected chi connectivity index (χ1v) is 4.86. The lowest BCUT2D eigenvalue weighted by Gasteiger charge is -2.04. The highest BCUT2D eigenvalue weighted by Gasteiger charge is 2.29. The number of carbonyl (C=O) groups excluding carboxylic acids is 3. The van der Waals surface area contributed by atoms with Gasteiger partial charge in [0, 0.05) is 11.3 Å². The molecule has 0 aromatic heterocycles. The number of amides is 1. The van der Waals surface area contributed by atoms with Gasteiger partial charge in [0.25, 0.3) is 5.91 Å². The minimum Gasteiger partial charge on any atom is -0.386 e. The Labute approximate surface area is 97.1 Å². The summed E-state index contributed by atoms with van der Waals surface area (Å²) in [5.74, 6) is -1.71. The first-order valence-electron chi connectivity index (χ1n) is 4.86. The fourth-order valence-electron chi connectivity index (χ4n) is 1.40. The van der Waals surface area contributed by atoms with Gasteiger partial charge >= 0.3 is 11.9 Å². The lowest BCUT2D eigenvalue weighted by molar-refractivity contribution is -0.112. The van der Waals surface area contributed by atoms with Crippen molar-refractivity contribution in [3.63, 3.8) is 0 Å². The van der Waals surface area contributed by atoms with E-state index >= 15 is 0 Å². The molecule has 1 aliphatic heterocycles. The van der Waals surface area contributed by atoms with Crippen LogP contribution < -0.4 is 5.32 Å². The molecule has 0 bridgehead atoms. The van der Waals surface area contributed by atoms with Gasteiger partial charge < -0.3 is 10.1 Å². The molecule has 5 heteroatoms. The van der Waals surface area contributed by atoms with E-state index in [1.165, 1.54) is 18.2 Å². The molecule has 0 spiro atoms. The van der Waals surface area contributed by atoms with Crippen molar-refractivity contribution < 1.29 is 19.1 Å². The number of esters is 2. The molecule has 1 amide bonds. The Bertz CT molecular complexity index is 560. The molecule has 0 saturated carbocycles. The van der Waals surface area contributed by atoms with Crippen LogP contribution in [0.2, 0.25) is 0 Å². The van der Waals surface area contributed by atoms with Crippen molar-refractivity contribution in [2.75, 3.05) is 5.32 Å². The molecule has 0 unspecified atom stereocenters. The highest BCUT2D eigenvalue weighted by molar-refractivity contribution is 6.15. The minimum atomic E-state index is -0.698. The molecule has 0 atom stereocenters. The fourth-order valence-corrected chi connectivity index (χ4v) is 1.40. The van der Waals surface area contributed by atoms with Crippen molar-refractivity contribution in [1.82, 2.24) is 0 Å². The third kappa shape index (κ3) is 1.94. The molecule has 1 heterocycles. The highest BCUT2D eigenvalue weighted by atomic mass is 16.6. The molecule has 17 heavy (non-hydrogen) atoms. The zero-order valence-electron chi connectivity index (χ0n) is 9.07. The summed E-state index contributed by atoms with van der Waals surface area (Å²) in [4.78, 5) is 33.8. The van der Waals surface area contributed by atoms with E-state index in [9.17, 15) is 14.4 Å². The SMILES string of the molecule is C=C(C)C(=O)Nc1ccc2c(c1)C(=O)OC2=O. The zero-order valence-corrected chi connectivity index (χ0v) is 9.07. The topological polar surface area (TPSA) is 72.5 Å². The predicted molar refractivity (Wildman–Crippen MR) is 59.6 cm³/mol. The van der Waals surface area contributed by atoms with Gasteiger partial charge in [0.1, 0.15) is 0 Å². The van der Waals surface area contributed by atoms with Crippen LogP contribution in [0.1, 0.15) is 27.6 Å². The van der Waals surface area contributed by atoms with Crippen molar-refractivity contribution in [2.45, 2.75) is 6.92 Å². The summed E-state index contributed by atoms with van der Waals surface area (Å²) in [6.45, 7) is 5.06. The third-order valence-corrected chi connectivity index (χ3v) is 2.29. The van der Waals surface area contributed by atoms with Crippen molar-refractivity contribution in [2.24, 2.45) is 0 Å². The Morgan fingerprint density at radius 3 is 2.53 bits per heavy atom. The molecule has 1 aromatic rings. The van der Waals surface area contributed by atoms with Gasteiger partial charge in [0.05, 0.1) is 11.1 Å². The number of hydrogen-bond donors (Lipinski definition) is 1. The first-order chi connectivity index (χ1) is 7.99. The summed E-state index contributed by atoms with van der Waals surface area (Å²) >= 11 is 0. The van der Waals surface area contributed by atoms with E-state index in [0.717, 1.165) is 0 Å². The summed E-state index contributed by atoms with van der Waals surface area (Å²) in [5, 5.41) is 2.55. The van der Waals surface area contributed by atoms with E-state index in [1.54, 1.807) is 6.92 Å². The van der Waals surface area contributed by atoms with Crippen LogP contribution in [0.4, 0.5) is 5.69 Å². The van der Waals surface area contributed by atoms with Gasteiger partial charge in [-0.2, -0.15) is 0 Å². The second kappa shape index (κ2) is 3.86. The number of rotatable bonds is 2. The van der Waals surface area contributed by atoms with Crippen LogP contribution in [0.3, 0.4) is 0 Å². The number of nitrogens with one attached hydrogen (secondary N) is 1. The highest BCUT2D eigenvalue weighted by Crippen LogP contribution is 2.23. The maximum atomic E-state index is 11.4. The molecule has 0 saturated heterocycles. The Hall–Kier alpha value is -2.43. The maximum absolute atomic E-state index is 11.4. The molecule has 2 rings (SSSR count). The van der Waals surface area contributed by atoms with Crippen molar-refractivity contribution >= 4 is 23.5 Å². The lowest BCUT2D eigenvalue weighted by atomic mass is 10.1. The number of fused-ring (bicyclic) bond motifs is 1. The van der Waals surface area contributed by atoms with E-state index in [2.05, 4.69) is 16.6 Å². The minimum absolute atomic E-state index is 0.162. The van der Waals surface area contributed by atoms with E-state index in [0.29, 0.717) is 11.3 Å². The number of ether oxygens (including phenoxy) is 1. The summed E-state index contributed by atoms with van der Waals surface area (Å²) in [5.41, 5.74) is 1.14. The number of carbonyl (C=O) groups is 3. The van der Waals surface area contributed by atoms with Gasteiger partial charge in [-0.1, -0.05) is 6.58 Å². The Balaban J connectivity index is 2.32. The van der Waals surface area contributed by atoms with E-state index in [4.69, 9.17) is 0 Å². The van der Waals surface area contributed by atoms with Crippen LogP contribution in [0.25, 0.3) is 0 Å². The van der Waals surface area contributed by atoms with Crippen LogP contribution >= 0.6 is 0 Å². The fraction of sp³-hybridized carbons (Fsp3) is 0.0833. The smallest absolute Gasteiger partial charge is 0.346 e. The van der Waals surface area contributed by atoms with Gasteiger partial charge in [-0.05, 0) is 25.1 Å². The molecule has 1 aliphatic rings. The van der Waals surface area contributed by atoms with Gasteiger partial charge in [-0.15, -0.1) is 0 Å². The summed E-state index contributed by atoms with van der Waals surface area (Å²) in [7, 11) is 0. The van der Waals surface area contributed by atoms with Gasteiger partial charge in [-0.3, -0.25) is 4.79 Å². The van der Waals surface area contributed by atoms with Crippen molar-refractivity contribution in [3.05, 3.63) is 41.5 Å². The molecule has 0 radical (unpaired) electrons. The van der Waals surface area contributed by atoms with E-state index < -0.39 is 11.9 Å². The number of cyclic esters (lactones) is 2. The summed E-state index contributed by atoms with van der Waals surface area (Å²) < 4.78 is 4.43. The van der Waals surface area contributed by atoms with E-state index in [1.807, 2.05) is 0 Å². The van der Waals surface area contributed by atoms with Crippen LogP contribution in [0, 0.1) is 0 Å². The van der Waals surface area contributed by atoms with E-state index in [-0.39, 0.29) is 17.0 Å². The van der Waals surface area contributed by atoms with Gasteiger partial charge in [0.15, 0.2) is 0 Å². The number of benzene rings is 1. The van der Waals surface area contributed by atoms with Gasteiger partial charge in [0.2, 0.25) is 0 Å². The molecular weight excluding hydrogens is 222 g/mol. The number of hydrogen-bond acceptors (Lipinski definition) is 4. The zero-order chi connectivity index (χ0) is 12.6. The molecule has 5 nitrogen and oxygen atoms in total. The molecule has 0 fully saturated rings. The number of anilines is 1. The summed E-state index contributed by atoms with van der Waals surface area (Å²) in [6.07, 6.45) is 0. The average molecular weight is 231 g/mol. The summed E-state index contributed by atoms with van der Waals surface area (Å²) in [6, 6.07) is 4.37. The average Bonchev–Trinajstić information content (AvgIpc) is 2.54. The standard InChI is InChI=1S/C12H9NO4/c1-6(2)10(14)13-7-3-4-8-9(5-7)12(16)17-11(8)15/h3-5H,1H2,2H3,(H,13,14). The third-order valence-electron chi connectivity index (χ3n) is 2.29. The van der Waals surface area contributed by atoms with Crippen LogP contribution in [-0.4, -0.2) is 17.8 Å². The second-order valence-corrected chi connectivity index (χ2v) is 3.67. The second-order valence-electron chi connectivity index (χ2n) is 3.67.